The summed E-state index contributed by atoms with van der Waals surface area (Å²) < 4.78 is 4.96. The molecule has 0 saturated carbocycles. The molecule has 2 aromatic heterocycles. The maximum absolute atomic E-state index is 14.1. The van der Waals surface area contributed by atoms with Crippen molar-refractivity contribution in [1.82, 2.24) is 24.2 Å². The summed E-state index contributed by atoms with van der Waals surface area (Å²) in [5, 5.41) is 5.04. The van der Waals surface area contributed by atoms with Crippen LogP contribution in [0.2, 0.25) is 0 Å². The number of aryl methyl sites for hydroxylation is 1. The zero-order valence-electron chi connectivity index (χ0n) is 20.2. The molecule has 1 aliphatic rings. The molecule has 0 fully saturated rings. The summed E-state index contributed by atoms with van der Waals surface area (Å²) in [6.45, 7) is 1.97. The van der Waals surface area contributed by atoms with E-state index in [4.69, 9.17) is 5.10 Å². The molecule has 37 heavy (non-hydrogen) atoms. The largest absolute Gasteiger partial charge is 0.337 e. The van der Waals surface area contributed by atoms with Gasteiger partial charge in [0.15, 0.2) is 0 Å². The van der Waals surface area contributed by atoms with Crippen LogP contribution in [0.3, 0.4) is 0 Å². The molecule has 0 radical (unpaired) electrons. The van der Waals surface area contributed by atoms with E-state index in [0.717, 1.165) is 45.4 Å². The minimum absolute atomic E-state index is 0.0270. The number of amides is 1. The molecule has 0 spiro atoms. The average molecular weight is 552 g/mol. The maximum Gasteiger partial charge on any atom is 0.273 e. The molecule has 1 aliphatic heterocycles. The van der Waals surface area contributed by atoms with Crippen LogP contribution >= 0.6 is 15.9 Å². The van der Waals surface area contributed by atoms with Crippen LogP contribution in [0, 0.1) is 0 Å². The summed E-state index contributed by atoms with van der Waals surface area (Å²) in [6, 6.07) is 28.4. The van der Waals surface area contributed by atoms with Crippen LogP contribution in [0.4, 0.5) is 0 Å². The van der Waals surface area contributed by atoms with Gasteiger partial charge in [0.05, 0.1) is 24.6 Å². The van der Waals surface area contributed by atoms with Crippen molar-refractivity contribution in [1.29, 1.82) is 0 Å². The smallest absolute Gasteiger partial charge is 0.273 e. The van der Waals surface area contributed by atoms with Gasteiger partial charge in [-0.2, -0.15) is 5.10 Å². The van der Waals surface area contributed by atoms with E-state index in [1.54, 1.807) is 6.20 Å². The standard InChI is InChI=1S/C30H26BrN5O/c31-25-14-12-24(13-15-25)28-26-27(23-10-5-2-6-11-23)33-36(20-22-8-3-1-4-9-22)29(26)30(37)35(28)18-7-17-34-19-16-32-21-34/h1-6,8-16,19,21,28H,7,17-18,20H2/t28-/m0/s1. The fraction of sp³-hybridized carbons (Fsp3) is 0.167. The summed E-state index contributed by atoms with van der Waals surface area (Å²) >= 11 is 3.56. The Hall–Kier alpha value is -3.97. The van der Waals surface area contributed by atoms with E-state index >= 15 is 0 Å². The van der Waals surface area contributed by atoms with E-state index < -0.39 is 0 Å². The van der Waals surface area contributed by atoms with Crippen molar-refractivity contribution in [2.45, 2.75) is 25.6 Å². The van der Waals surface area contributed by atoms with Gasteiger partial charge in [0.1, 0.15) is 5.69 Å². The predicted octanol–water partition coefficient (Wildman–Crippen LogP) is 6.19. The van der Waals surface area contributed by atoms with Crippen LogP contribution in [-0.4, -0.2) is 36.7 Å². The van der Waals surface area contributed by atoms with Crippen LogP contribution in [-0.2, 0) is 13.1 Å². The van der Waals surface area contributed by atoms with Crippen molar-refractivity contribution in [3.8, 4) is 11.3 Å². The highest BCUT2D eigenvalue weighted by molar-refractivity contribution is 9.10. The molecule has 3 heterocycles. The predicted molar refractivity (Wildman–Crippen MR) is 147 cm³/mol. The lowest BCUT2D eigenvalue weighted by atomic mass is 9.96. The van der Waals surface area contributed by atoms with Gasteiger partial charge in [-0.3, -0.25) is 9.48 Å². The number of nitrogens with zero attached hydrogens (tertiary/aromatic N) is 5. The Labute approximate surface area is 224 Å². The van der Waals surface area contributed by atoms with Gasteiger partial charge in [-0.05, 0) is 29.7 Å². The maximum atomic E-state index is 14.1. The second-order valence-corrected chi connectivity index (χ2v) is 10.1. The first-order chi connectivity index (χ1) is 18.2. The quantitative estimate of drug-likeness (QED) is 0.231. The number of aromatic nitrogens is 4. The van der Waals surface area contributed by atoms with Gasteiger partial charge in [0.2, 0.25) is 0 Å². The molecule has 6 rings (SSSR count). The number of hydrogen-bond acceptors (Lipinski definition) is 3. The molecule has 3 aromatic carbocycles. The normalized spacial score (nSPS) is 14.8. The lowest BCUT2D eigenvalue weighted by molar-refractivity contribution is 0.0734. The summed E-state index contributed by atoms with van der Waals surface area (Å²) in [5.41, 5.74) is 5.73. The van der Waals surface area contributed by atoms with E-state index in [2.05, 4.69) is 61.9 Å². The number of halogens is 1. The second kappa shape index (κ2) is 10.2. The number of hydrogen-bond donors (Lipinski definition) is 0. The molecule has 1 amide bonds. The topological polar surface area (TPSA) is 56.0 Å². The molecule has 1 atom stereocenters. The van der Waals surface area contributed by atoms with Gasteiger partial charge in [-0.1, -0.05) is 88.7 Å². The third-order valence-electron chi connectivity index (χ3n) is 6.82. The minimum Gasteiger partial charge on any atom is -0.337 e. The van der Waals surface area contributed by atoms with E-state index in [-0.39, 0.29) is 11.9 Å². The fourth-order valence-corrected chi connectivity index (χ4v) is 5.38. The Morgan fingerprint density at radius 2 is 1.59 bits per heavy atom. The van der Waals surface area contributed by atoms with Gasteiger partial charge in [0, 0.05) is 41.1 Å². The van der Waals surface area contributed by atoms with Crippen LogP contribution in [0.5, 0.6) is 0 Å². The van der Waals surface area contributed by atoms with E-state index in [1.165, 1.54) is 0 Å². The average Bonchev–Trinajstić information content (AvgIpc) is 3.64. The first-order valence-electron chi connectivity index (χ1n) is 12.4. The van der Waals surface area contributed by atoms with Crippen LogP contribution in [0.25, 0.3) is 11.3 Å². The molecule has 0 N–H and O–H groups in total. The second-order valence-electron chi connectivity index (χ2n) is 9.23. The third-order valence-corrected chi connectivity index (χ3v) is 7.35. The van der Waals surface area contributed by atoms with Gasteiger partial charge in [-0.25, -0.2) is 4.98 Å². The third kappa shape index (κ3) is 4.62. The van der Waals surface area contributed by atoms with Crippen molar-refractivity contribution < 1.29 is 4.79 Å². The number of fused-ring (bicyclic) bond motifs is 1. The molecular weight excluding hydrogens is 526 g/mol. The SMILES string of the molecule is O=C1c2c(c(-c3ccccc3)nn2Cc2ccccc2)[C@H](c2ccc(Br)cc2)N1CCCn1ccnc1. The first kappa shape index (κ1) is 23.4. The summed E-state index contributed by atoms with van der Waals surface area (Å²) in [5.74, 6) is 0.0270. The highest BCUT2D eigenvalue weighted by Gasteiger charge is 2.43. The Kier molecular flexibility index (Phi) is 6.45. The molecule has 0 saturated heterocycles. The highest BCUT2D eigenvalue weighted by Crippen LogP contribution is 2.44. The molecule has 0 bridgehead atoms. The van der Waals surface area contributed by atoms with Crippen molar-refractivity contribution in [3.05, 3.63) is 131 Å². The highest BCUT2D eigenvalue weighted by atomic mass is 79.9. The van der Waals surface area contributed by atoms with Gasteiger partial charge < -0.3 is 9.47 Å². The molecule has 184 valence electrons. The molecule has 0 unspecified atom stereocenters. The van der Waals surface area contributed by atoms with E-state index in [9.17, 15) is 4.79 Å². The lowest BCUT2D eigenvalue weighted by Crippen LogP contribution is -2.32. The van der Waals surface area contributed by atoms with E-state index in [0.29, 0.717) is 18.8 Å². The van der Waals surface area contributed by atoms with Crippen molar-refractivity contribution in [2.75, 3.05) is 6.54 Å². The number of imidazole rings is 1. The zero-order valence-corrected chi connectivity index (χ0v) is 21.8. The van der Waals surface area contributed by atoms with Crippen LogP contribution in [0.1, 0.15) is 39.6 Å². The molecule has 0 aliphatic carbocycles. The Morgan fingerprint density at radius 1 is 0.865 bits per heavy atom. The molecule has 6 nitrogen and oxygen atoms in total. The Balaban J connectivity index is 1.46. The molecule has 5 aromatic rings. The van der Waals surface area contributed by atoms with Crippen molar-refractivity contribution in [2.24, 2.45) is 0 Å². The van der Waals surface area contributed by atoms with Crippen LogP contribution < -0.4 is 0 Å². The lowest BCUT2D eigenvalue weighted by Gasteiger charge is -2.27. The van der Waals surface area contributed by atoms with Crippen LogP contribution in [0.15, 0.2) is 108 Å². The monoisotopic (exact) mass is 551 g/mol. The molecular formula is C30H26BrN5O. The summed E-state index contributed by atoms with van der Waals surface area (Å²) in [6.07, 6.45) is 6.38. The van der Waals surface area contributed by atoms with Gasteiger partial charge in [-0.15, -0.1) is 0 Å². The number of carbonyl (C=O) groups is 1. The minimum atomic E-state index is -0.210. The Morgan fingerprint density at radius 3 is 2.30 bits per heavy atom. The van der Waals surface area contributed by atoms with Gasteiger partial charge >= 0.3 is 0 Å². The summed E-state index contributed by atoms with van der Waals surface area (Å²) in [7, 11) is 0. The van der Waals surface area contributed by atoms with Crippen molar-refractivity contribution >= 4 is 21.8 Å². The fourth-order valence-electron chi connectivity index (χ4n) is 5.11. The van der Waals surface area contributed by atoms with Gasteiger partial charge in [0.25, 0.3) is 5.91 Å². The zero-order chi connectivity index (χ0) is 25.2. The number of benzene rings is 3. The molecule has 7 heteroatoms. The summed E-state index contributed by atoms with van der Waals surface area (Å²) in [4.78, 5) is 20.3. The number of rotatable bonds is 8. The Bertz CT molecular complexity index is 1500. The van der Waals surface area contributed by atoms with E-state index in [1.807, 2.05) is 70.6 Å². The first-order valence-corrected chi connectivity index (χ1v) is 13.2. The van der Waals surface area contributed by atoms with Crippen molar-refractivity contribution in [3.63, 3.8) is 0 Å². The number of carbonyl (C=O) groups excluding carboxylic acids is 1.